The number of hydrogen-bond donors (Lipinski definition) is 0. The Morgan fingerprint density at radius 3 is 1.78 bits per heavy atom. The van der Waals surface area contributed by atoms with Crippen LogP contribution in [-0.2, 0) is 0 Å². The van der Waals surface area contributed by atoms with Crippen molar-refractivity contribution in [2.45, 2.75) is 6.92 Å². The Balaban J connectivity index is 1.07. The van der Waals surface area contributed by atoms with E-state index in [9.17, 15) is 0 Å². The van der Waals surface area contributed by atoms with Crippen LogP contribution >= 0.6 is 0 Å². The lowest BCUT2D eigenvalue weighted by Gasteiger charge is -2.17. The quantitative estimate of drug-likeness (QED) is 0.134. The van der Waals surface area contributed by atoms with Crippen LogP contribution in [0.1, 0.15) is 12.5 Å². The molecule has 9 aromatic rings. The molecule has 7 aromatic carbocycles. The molecule has 236 valence electrons. The summed E-state index contributed by atoms with van der Waals surface area (Å²) in [6.07, 6.45) is 9.98. The van der Waals surface area contributed by atoms with Gasteiger partial charge in [0.05, 0.1) is 5.69 Å². The number of allylic oxidation sites excluding steroid dienone is 5. The molecule has 0 bridgehead atoms. The molecule has 0 saturated carbocycles. The first-order chi connectivity index (χ1) is 24.7. The number of pyridine rings is 1. The highest BCUT2D eigenvalue weighted by atomic mass is 16.3. The number of hydrogen-bond acceptors (Lipinski definition) is 2. The lowest BCUT2D eigenvalue weighted by molar-refractivity contribution is 0.669. The van der Waals surface area contributed by atoms with Crippen molar-refractivity contribution in [3.63, 3.8) is 0 Å². The summed E-state index contributed by atoms with van der Waals surface area (Å²) in [7, 11) is 0. The van der Waals surface area contributed by atoms with E-state index in [4.69, 9.17) is 9.40 Å². The normalized spacial score (nSPS) is 12.2. The van der Waals surface area contributed by atoms with Crippen molar-refractivity contribution in [1.82, 2.24) is 4.98 Å². The molecule has 0 atom stereocenters. The minimum absolute atomic E-state index is 0.907. The van der Waals surface area contributed by atoms with Crippen molar-refractivity contribution < 1.29 is 4.42 Å². The monoisotopic (exact) mass is 639 g/mol. The number of furan rings is 1. The van der Waals surface area contributed by atoms with Gasteiger partial charge in [0.1, 0.15) is 11.2 Å². The summed E-state index contributed by atoms with van der Waals surface area (Å²) in [5.41, 5.74) is 11.0. The van der Waals surface area contributed by atoms with Crippen LogP contribution in [0.3, 0.4) is 0 Å². The maximum absolute atomic E-state index is 6.24. The molecule has 2 heterocycles. The molecule has 2 heteroatoms. The van der Waals surface area contributed by atoms with Gasteiger partial charge in [-0.25, -0.2) is 0 Å². The Bertz CT molecular complexity index is 2760. The zero-order chi connectivity index (χ0) is 33.6. The standard InChI is InChI=1S/C48H33NO/c1-3-4-5-12-31(2)47-38-15-8-10-17-40(38)48(41-18-11-9-16-39(41)47)44-25-23-37(30-49-44)33-21-19-32(20-22-33)36-24-26-45-42(28-36)43-27-34-13-6-7-14-35(34)29-46(43)50-45/h3-30H,1H2,2H3/b5-4-,31-12+. The highest BCUT2D eigenvalue weighted by Gasteiger charge is 2.17. The van der Waals surface area contributed by atoms with Crippen LogP contribution < -0.4 is 0 Å². The SMILES string of the molecule is C=C/C=C\C=C(/C)c1c2ccccc2c(-c2ccc(-c3ccc(-c4ccc5oc6cc7ccccc7cc6c5c4)cc3)cn2)c2ccccc12. The molecule has 2 aromatic heterocycles. The summed E-state index contributed by atoms with van der Waals surface area (Å²) in [4.78, 5) is 5.07. The van der Waals surface area contributed by atoms with Crippen molar-refractivity contribution >= 4 is 59.8 Å². The van der Waals surface area contributed by atoms with E-state index in [0.29, 0.717) is 0 Å². The van der Waals surface area contributed by atoms with Gasteiger partial charge in [-0.3, -0.25) is 4.98 Å². The maximum Gasteiger partial charge on any atom is 0.136 e. The number of fused-ring (bicyclic) bond motifs is 6. The predicted octanol–water partition coefficient (Wildman–Crippen LogP) is 13.6. The smallest absolute Gasteiger partial charge is 0.136 e. The van der Waals surface area contributed by atoms with Crippen molar-refractivity contribution in [2.75, 3.05) is 0 Å². The summed E-state index contributed by atoms with van der Waals surface area (Å²) in [5, 5.41) is 9.52. The van der Waals surface area contributed by atoms with E-state index in [1.807, 2.05) is 18.3 Å². The molecule has 0 aliphatic heterocycles. The first-order valence-electron chi connectivity index (χ1n) is 17.0. The van der Waals surface area contributed by atoms with Gasteiger partial charge < -0.3 is 4.42 Å². The zero-order valence-electron chi connectivity index (χ0n) is 27.7. The van der Waals surface area contributed by atoms with Crippen LogP contribution in [0.5, 0.6) is 0 Å². The third-order valence-corrected chi connectivity index (χ3v) is 9.83. The number of nitrogens with zero attached hydrogens (tertiary/aromatic N) is 1. The molecule has 0 unspecified atom stereocenters. The second-order valence-corrected chi connectivity index (χ2v) is 12.8. The topological polar surface area (TPSA) is 26.0 Å². The van der Waals surface area contributed by atoms with E-state index in [1.54, 1.807) is 6.08 Å². The Hall–Kier alpha value is -6.51. The zero-order valence-corrected chi connectivity index (χ0v) is 27.7. The van der Waals surface area contributed by atoms with Gasteiger partial charge in [0.15, 0.2) is 0 Å². The second-order valence-electron chi connectivity index (χ2n) is 12.8. The Morgan fingerprint density at radius 1 is 0.540 bits per heavy atom. The van der Waals surface area contributed by atoms with Crippen LogP contribution in [0.25, 0.3) is 93.3 Å². The molecule has 0 fully saturated rings. The molecule has 2 nitrogen and oxygen atoms in total. The third kappa shape index (κ3) is 5.01. The molecule has 0 saturated heterocycles. The Morgan fingerprint density at radius 2 is 1.12 bits per heavy atom. The summed E-state index contributed by atoms with van der Waals surface area (Å²) in [6.45, 7) is 5.99. The molecule has 0 aliphatic carbocycles. The van der Waals surface area contributed by atoms with Crippen molar-refractivity contribution in [2.24, 2.45) is 0 Å². The van der Waals surface area contributed by atoms with Gasteiger partial charge in [-0.15, -0.1) is 0 Å². The van der Waals surface area contributed by atoms with Crippen LogP contribution in [0.2, 0.25) is 0 Å². The first kappa shape index (κ1) is 29.6. The molecule has 0 radical (unpaired) electrons. The van der Waals surface area contributed by atoms with E-state index in [2.05, 4.69) is 159 Å². The highest BCUT2D eigenvalue weighted by Crippen LogP contribution is 2.42. The van der Waals surface area contributed by atoms with Crippen molar-refractivity contribution in [1.29, 1.82) is 0 Å². The van der Waals surface area contributed by atoms with Gasteiger partial charge in [-0.05, 0) is 97.4 Å². The van der Waals surface area contributed by atoms with Crippen molar-refractivity contribution in [3.8, 4) is 33.5 Å². The largest absolute Gasteiger partial charge is 0.456 e. The summed E-state index contributed by atoms with van der Waals surface area (Å²) in [6, 6.07) is 49.8. The van der Waals surface area contributed by atoms with Crippen LogP contribution in [0.4, 0.5) is 0 Å². The van der Waals surface area contributed by atoms with E-state index >= 15 is 0 Å². The van der Waals surface area contributed by atoms with E-state index < -0.39 is 0 Å². The average Bonchev–Trinajstić information content (AvgIpc) is 3.52. The number of benzene rings is 7. The minimum atomic E-state index is 0.907. The molecular formula is C48H33NO. The van der Waals surface area contributed by atoms with Gasteiger partial charge in [-0.2, -0.15) is 0 Å². The fourth-order valence-corrected chi connectivity index (χ4v) is 7.40. The third-order valence-electron chi connectivity index (χ3n) is 9.83. The van der Waals surface area contributed by atoms with Gasteiger partial charge in [0.25, 0.3) is 0 Å². The van der Waals surface area contributed by atoms with Gasteiger partial charge in [0, 0.05) is 28.1 Å². The lowest BCUT2D eigenvalue weighted by Crippen LogP contribution is -1.94. The van der Waals surface area contributed by atoms with Gasteiger partial charge in [-0.1, -0.05) is 140 Å². The van der Waals surface area contributed by atoms with E-state index in [-0.39, 0.29) is 0 Å². The molecule has 0 amide bonds. The van der Waals surface area contributed by atoms with E-state index in [1.165, 1.54) is 43.5 Å². The molecular weight excluding hydrogens is 607 g/mol. The molecule has 0 N–H and O–H groups in total. The lowest BCUT2D eigenvalue weighted by atomic mass is 9.87. The molecule has 9 rings (SSSR count). The second kappa shape index (κ2) is 12.2. The molecule has 0 aliphatic rings. The summed E-state index contributed by atoms with van der Waals surface area (Å²) >= 11 is 0. The highest BCUT2D eigenvalue weighted by molar-refractivity contribution is 6.18. The van der Waals surface area contributed by atoms with Crippen LogP contribution in [0.15, 0.2) is 181 Å². The Labute approximate surface area is 291 Å². The van der Waals surface area contributed by atoms with Gasteiger partial charge in [0.2, 0.25) is 0 Å². The van der Waals surface area contributed by atoms with E-state index in [0.717, 1.165) is 55.4 Å². The predicted molar refractivity (Wildman–Crippen MR) is 213 cm³/mol. The first-order valence-corrected chi connectivity index (χ1v) is 17.0. The van der Waals surface area contributed by atoms with Gasteiger partial charge >= 0.3 is 0 Å². The maximum atomic E-state index is 6.24. The number of rotatable bonds is 6. The summed E-state index contributed by atoms with van der Waals surface area (Å²) in [5.74, 6) is 0. The number of aromatic nitrogens is 1. The fraction of sp³-hybridized carbons (Fsp3) is 0.0208. The van der Waals surface area contributed by atoms with Crippen LogP contribution in [-0.4, -0.2) is 4.98 Å². The van der Waals surface area contributed by atoms with Crippen LogP contribution in [0, 0.1) is 0 Å². The molecule has 50 heavy (non-hydrogen) atoms. The summed E-state index contributed by atoms with van der Waals surface area (Å²) < 4.78 is 6.24. The minimum Gasteiger partial charge on any atom is -0.456 e. The Kier molecular flexibility index (Phi) is 7.21. The van der Waals surface area contributed by atoms with Crippen molar-refractivity contribution in [3.05, 3.63) is 182 Å². The fourth-order valence-electron chi connectivity index (χ4n) is 7.40. The molecule has 0 spiro atoms. The average molecular weight is 640 g/mol.